The fourth-order valence-electron chi connectivity index (χ4n) is 3.23. The van der Waals surface area contributed by atoms with Gasteiger partial charge in [-0.1, -0.05) is 24.6 Å². The molecule has 4 rings (SSSR count). The predicted octanol–water partition coefficient (Wildman–Crippen LogP) is 3.47. The van der Waals surface area contributed by atoms with E-state index in [1.165, 1.54) is 0 Å². The van der Waals surface area contributed by atoms with Crippen LogP contribution in [-0.4, -0.2) is 35.8 Å². The van der Waals surface area contributed by atoms with Gasteiger partial charge in [0.2, 0.25) is 10.0 Å². The number of aromatic nitrogens is 2. The molecule has 2 aromatic carbocycles. The van der Waals surface area contributed by atoms with Crippen LogP contribution in [-0.2, 0) is 10.0 Å². The van der Waals surface area contributed by atoms with Gasteiger partial charge >= 0.3 is 0 Å². The van der Waals surface area contributed by atoms with Crippen molar-refractivity contribution >= 4 is 21.1 Å². The first-order valence-electron chi connectivity index (χ1n) is 8.46. The molecule has 0 N–H and O–H groups in total. The molecular formula is C19H19N3O2S. The Kier molecular flexibility index (Phi) is 4.23. The Bertz CT molecular complexity index is 1010. The van der Waals surface area contributed by atoms with E-state index in [2.05, 4.69) is 9.97 Å². The van der Waals surface area contributed by atoms with Crippen LogP contribution in [0.5, 0.6) is 0 Å². The summed E-state index contributed by atoms with van der Waals surface area (Å²) in [7, 11) is -3.43. The van der Waals surface area contributed by atoms with E-state index in [9.17, 15) is 8.42 Å². The SMILES string of the molecule is O=S(=O)(c1cccc(-c2ccc3nccnc3c2)c1)N1CCCCC1. The average Bonchev–Trinajstić information content (AvgIpc) is 2.68. The van der Waals surface area contributed by atoms with Crippen molar-refractivity contribution in [1.29, 1.82) is 0 Å². The normalized spacial score (nSPS) is 16.2. The highest BCUT2D eigenvalue weighted by molar-refractivity contribution is 7.89. The van der Waals surface area contributed by atoms with Crippen molar-refractivity contribution in [2.24, 2.45) is 0 Å². The molecule has 6 heteroatoms. The number of hydrogen-bond acceptors (Lipinski definition) is 4. The monoisotopic (exact) mass is 353 g/mol. The van der Waals surface area contributed by atoms with Gasteiger partial charge in [-0.25, -0.2) is 8.42 Å². The second-order valence-corrected chi connectivity index (χ2v) is 8.19. The standard InChI is InChI=1S/C19H19N3O2S/c23-25(24,22-11-2-1-3-12-22)17-6-4-5-15(13-17)16-7-8-18-19(14-16)21-10-9-20-18/h4-10,13-14H,1-3,11-12H2. The Morgan fingerprint density at radius 2 is 1.52 bits per heavy atom. The maximum absolute atomic E-state index is 12.9. The van der Waals surface area contributed by atoms with Crippen molar-refractivity contribution in [3.8, 4) is 11.1 Å². The number of benzene rings is 2. The summed E-state index contributed by atoms with van der Waals surface area (Å²) in [6, 6.07) is 12.9. The number of nitrogens with zero attached hydrogens (tertiary/aromatic N) is 3. The molecule has 1 aliphatic rings. The van der Waals surface area contributed by atoms with Crippen LogP contribution in [0.1, 0.15) is 19.3 Å². The summed E-state index contributed by atoms with van der Waals surface area (Å²) in [5.41, 5.74) is 3.42. The molecule has 25 heavy (non-hydrogen) atoms. The van der Waals surface area contributed by atoms with Gasteiger partial charge in [0.25, 0.3) is 0 Å². The maximum Gasteiger partial charge on any atom is 0.243 e. The summed E-state index contributed by atoms with van der Waals surface area (Å²) >= 11 is 0. The zero-order valence-corrected chi connectivity index (χ0v) is 14.6. The van der Waals surface area contributed by atoms with Crippen molar-refractivity contribution in [1.82, 2.24) is 14.3 Å². The van der Waals surface area contributed by atoms with E-state index < -0.39 is 10.0 Å². The first-order valence-corrected chi connectivity index (χ1v) is 9.90. The third-order valence-electron chi connectivity index (χ3n) is 4.59. The molecule has 0 amide bonds. The number of sulfonamides is 1. The quantitative estimate of drug-likeness (QED) is 0.723. The molecule has 0 aliphatic carbocycles. The number of fused-ring (bicyclic) bond motifs is 1. The Morgan fingerprint density at radius 3 is 2.32 bits per heavy atom. The molecule has 0 bridgehead atoms. The predicted molar refractivity (Wildman–Crippen MR) is 97.6 cm³/mol. The lowest BCUT2D eigenvalue weighted by Crippen LogP contribution is -2.35. The van der Waals surface area contributed by atoms with Gasteiger partial charge in [-0.3, -0.25) is 9.97 Å². The largest absolute Gasteiger partial charge is 0.253 e. The van der Waals surface area contributed by atoms with E-state index in [1.54, 1.807) is 34.9 Å². The van der Waals surface area contributed by atoms with Crippen LogP contribution in [0, 0.1) is 0 Å². The first kappa shape index (κ1) is 16.2. The van der Waals surface area contributed by atoms with Crippen LogP contribution in [0.3, 0.4) is 0 Å². The molecule has 1 aromatic heterocycles. The van der Waals surface area contributed by atoms with Crippen molar-refractivity contribution in [3.05, 3.63) is 54.9 Å². The second-order valence-electron chi connectivity index (χ2n) is 6.25. The highest BCUT2D eigenvalue weighted by Gasteiger charge is 2.26. The zero-order valence-electron chi connectivity index (χ0n) is 13.8. The second kappa shape index (κ2) is 6.54. The summed E-state index contributed by atoms with van der Waals surface area (Å²) in [5.74, 6) is 0. The van der Waals surface area contributed by atoms with Crippen molar-refractivity contribution < 1.29 is 8.42 Å². The van der Waals surface area contributed by atoms with Crippen LogP contribution >= 0.6 is 0 Å². The lowest BCUT2D eigenvalue weighted by molar-refractivity contribution is 0.346. The summed E-state index contributed by atoms with van der Waals surface area (Å²) in [6.45, 7) is 1.22. The lowest BCUT2D eigenvalue weighted by Gasteiger charge is -2.26. The van der Waals surface area contributed by atoms with Gasteiger partial charge in [-0.15, -0.1) is 0 Å². The van der Waals surface area contributed by atoms with Gasteiger partial charge in [0.15, 0.2) is 0 Å². The van der Waals surface area contributed by atoms with Gasteiger partial charge in [-0.05, 0) is 48.2 Å². The van der Waals surface area contributed by atoms with Crippen LogP contribution in [0.2, 0.25) is 0 Å². The molecule has 3 aromatic rings. The highest BCUT2D eigenvalue weighted by Crippen LogP contribution is 2.27. The molecule has 128 valence electrons. The summed E-state index contributed by atoms with van der Waals surface area (Å²) in [5, 5.41) is 0. The summed E-state index contributed by atoms with van der Waals surface area (Å²) in [6.07, 6.45) is 6.28. The minimum atomic E-state index is -3.43. The molecule has 0 spiro atoms. The molecule has 1 fully saturated rings. The molecule has 0 radical (unpaired) electrons. The Morgan fingerprint density at radius 1 is 0.800 bits per heavy atom. The number of piperidine rings is 1. The lowest BCUT2D eigenvalue weighted by atomic mass is 10.1. The maximum atomic E-state index is 12.9. The Hall–Kier alpha value is -2.31. The average molecular weight is 353 g/mol. The first-order chi connectivity index (χ1) is 12.1. The van der Waals surface area contributed by atoms with E-state index in [-0.39, 0.29) is 0 Å². The van der Waals surface area contributed by atoms with Crippen molar-refractivity contribution in [2.45, 2.75) is 24.2 Å². The van der Waals surface area contributed by atoms with Gasteiger partial charge in [0.1, 0.15) is 0 Å². The van der Waals surface area contributed by atoms with Gasteiger partial charge in [0.05, 0.1) is 15.9 Å². The Labute approximate surface area is 147 Å². The zero-order chi connectivity index (χ0) is 17.3. The van der Waals surface area contributed by atoms with E-state index >= 15 is 0 Å². The molecule has 0 unspecified atom stereocenters. The Balaban J connectivity index is 1.73. The van der Waals surface area contributed by atoms with Crippen molar-refractivity contribution in [3.63, 3.8) is 0 Å². The molecule has 5 nitrogen and oxygen atoms in total. The smallest absolute Gasteiger partial charge is 0.243 e. The number of rotatable bonds is 3. The molecule has 1 aliphatic heterocycles. The van der Waals surface area contributed by atoms with Crippen LogP contribution in [0.15, 0.2) is 59.8 Å². The van der Waals surface area contributed by atoms with Crippen LogP contribution in [0.25, 0.3) is 22.2 Å². The third kappa shape index (κ3) is 3.15. The van der Waals surface area contributed by atoms with E-state index in [0.29, 0.717) is 18.0 Å². The van der Waals surface area contributed by atoms with Gasteiger partial charge in [-0.2, -0.15) is 4.31 Å². The van der Waals surface area contributed by atoms with Crippen LogP contribution < -0.4 is 0 Å². The summed E-state index contributed by atoms with van der Waals surface area (Å²) < 4.78 is 27.4. The fraction of sp³-hybridized carbons (Fsp3) is 0.263. The van der Waals surface area contributed by atoms with E-state index in [4.69, 9.17) is 0 Å². The minimum Gasteiger partial charge on any atom is -0.253 e. The van der Waals surface area contributed by atoms with Gasteiger partial charge in [0, 0.05) is 25.5 Å². The molecule has 1 saturated heterocycles. The molecular weight excluding hydrogens is 334 g/mol. The van der Waals surface area contributed by atoms with Gasteiger partial charge < -0.3 is 0 Å². The van der Waals surface area contributed by atoms with Crippen molar-refractivity contribution in [2.75, 3.05) is 13.1 Å². The number of hydrogen-bond donors (Lipinski definition) is 0. The molecule has 0 saturated carbocycles. The van der Waals surface area contributed by atoms with Crippen LogP contribution in [0.4, 0.5) is 0 Å². The van der Waals surface area contributed by atoms with E-state index in [0.717, 1.165) is 41.4 Å². The minimum absolute atomic E-state index is 0.353. The molecule has 0 atom stereocenters. The highest BCUT2D eigenvalue weighted by atomic mass is 32.2. The third-order valence-corrected chi connectivity index (χ3v) is 6.48. The molecule has 2 heterocycles. The fourth-order valence-corrected chi connectivity index (χ4v) is 4.80. The summed E-state index contributed by atoms with van der Waals surface area (Å²) in [4.78, 5) is 8.94. The topological polar surface area (TPSA) is 63.2 Å². The van der Waals surface area contributed by atoms with E-state index in [1.807, 2.05) is 24.3 Å².